The molecule has 2 heterocycles. The number of hydrogen-bond donors (Lipinski definition) is 1. The van der Waals surface area contributed by atoms with E-state index in [0.717, 1.165) is 31.6 Å². The molecule has 1 aromatic rings. The van der Waals surface area contributed by atoms with E-state index in [1.165, 1.54) is 0 Å². The van der Waals surface area contributed by atoms with Gasteiger partial charge in [0.2, 0.25) is 0 Å². The van der Waals surface area contributed by atoms with Gasteiger partial charge in [-0.25, -0.2) is 0 Å². The largest absolute Gasteiger partial charge is 0.328 e. The van der Waals surface area contributed by atoms with Crippen LogP contribution in [-0.4, -0.2) is 33.7 Å². The standard InChI is InChI=1S/C11H18N4/c1-9-7-10(12)4-6-15(9)8-11-3-2-5-13-14-11/h2-3,5,9-10H,4,6-8,12H2,1H3. The molecule has 1 aromatic heterocycles. The number of nitrogens with two attached hydrogens (primary N) is 1. The molecular formula is C11H18N4. The van der Waals surface area contributed by atoms with Crippen molar-refractivity contribution >= 4 is 0 Å². The Bertz CT molecular complexity index is 301. The van der Waals surface area contributed by atoms with Crippen LogP contribution in [0.25, 0.3) is 0 Å². The predicted octanol–water partition coefficient (Wildman–Crippen LogP) is 0.788. The summed E-state index contributed by atoms with van der Waals surface area (Å²) >= 11 is 0. The van der Waals surface area contributed by atoms with Crippen LogP contribution in [0, 0.1) is 0 Å². The molecule has 82 valence electrons. The number of piperidine rings is 1. The fourth-order valence-corrected chi connectivity index (χ4v) is 2.12. The van der Waals surface area contributed by atoms with Crippen LogP contribution in [0.3, 0.4) is 0 Å². The summed E-state index contributed by atoms with van der Waals surface area (Å²) in [7, 11) is 0. The Kier molecular flexibility index (Phi) is 3.28. The smallest absolute Gasteiger partial charge is 0.0771 e. The number of nitrogens with zero attached hydrogens (tertiary/aromatic N) is 3. The highest BCUT2D eigenvalue weighted by atomic mass is 15.2. The van der Waals surface area contributed by atoms with Crippen molar-refractivity contribution in [3.05, 3.63) is 24.0 Å². The van der Waals surface area contributed by atoms with Gasteiger partial charge in [-0.15, -0.1) is 0 Å². The van der Waals surface area contributed by atoms with Gasteiger partial charge in [0, 0.05) is 31.4 Å². The minimum absolute atomic E-state index is 0.373. The van der Waals surface area contributed by atoms with Crippen molar-refractivity contribution in [1.82, 2.24) is 15.1 Å². The van der Waals surface area contributed by atoms with Crippen molar-refractivity contribution in [2.45, 2.75) is 38.4 Å². The first-order valence-corrected chi connectivity index (χ1v) is 5.52. The molecular weight excluding hydrogens is 188 g/mol. The van der Waals surface area contributed by atoms with Crippen molar-refractivity contribution < 1.29 is 0 Å². The van der Waals surface area contributed by atoms with Crippen molar-refractivity contribution in [1.29, 1.82) is 0 Å². The predicted molar refractivity (Wildman–Crippen MR) is 59.1 cm³/mol. The molecule has 2 rings (SSSR count). The number of rotatable bonds is 2. The fourth-order valence-electron chi connectivity index (χ4n) is 2.12. The van der Waals surface area contributed by atoms with Gasteiger partial charge in [-0.3, -0.25) is 4.90 Å². The Hall–Kier alpha value is -1.00. The second-order valence-corrected chi connectivity index (χ2v) is 4.32. The van der Waals surface area contributed by atoms with Crippen molar-refractivity contribution in [3.8, 4) is 0 Å². The first-order valence-electron chi connectivity index (χ1n) is 5.52. The molecule has 2 unspecified atom stereocenters. The van der Waals surface area contributed by atoms with Crippen LogP contribution < -0.4 is 5.73 Å². The first kappa shape index (κ1) is 10.5. The molecule has 15 heavy (non-hydrogen) atoms. The first-order chi connectivity index (χ1) is 7.25. The highest BCUT2D eigenvalue weighted by Gasteiger charge is 2.23. The number of hydrogen-bond acceptors (Lipinski definition) is 4. The molecule has 2 N–H and O–H groups in total. The van der Waals surface area contributed by atoms with Crippen LogP contribution in [-0.2, 0) is 6.54 Å². The van der Waals surface area contributed by atoms with E-state index < -0.39 is 0 Å². The van der Waals surface area contributed by atoms with E-state index in [4.69, 9.17) is 5.73 Å². The van der Waals surface area contributed by atoms with Gasteiger partial charge in [0.1, 0.15) is 0 Å². The zero-order valence-electron chi connectivity index (χ0n) is 9.13. The molecule has 0 aliphatic carbocycles. The molecule has 2 atom stereocenters. The number of aromatic nitrogens is 2. The zero-order chi connectivity index (χ0) is 10.7. The molecule has 4 heteroatoms. The second kappa shape index (κ2) is 4.68. The van der Waals surface area contributed by atoms with E-state index in [2.05, 4.69) is 22.0 Å². The second-order valence-electron chi connectivity index (χ2n) is 4.32. The van der Waals surface area contributed by atoms with Gasteiger partial charge in [-0.2, -0.15) is 10.2 Å². The Morgan fingerprint density at radius 2 is 2.47 bits per heavy atom. The Balaban J connectivity index is 1.95. The highest BCUT2D eigenvalue weighted by Crippen LogP contribution is 2.17. The lowest BCUT2D eigenvalue weighted by Gasteiger charge is -2.35. The van der Waals surface area contributed by atoms with Gasteiger partial charge >= 0.3 is 0 Å². The average molecular weight is 206 g/mol. The van der Waals surface area contributed by atoms with E-state index in [9.17, 15) is 0 Å². The van der Waals surface area contributed by atoms with Gasteiger partial charge < -0.3 is 5.73 Å². The molecule has 0 amide bonds. The van der Waals surface area contributed by atoms with E-state index in [1.807, 2.05) is 12.1 Å². The van der Waals surface area contributed by atoms with Crippen LogP contribution in [0.5, 0.6) is 0 Å². The minimum atomic E-state index is 0.373. The molecule has 0 radical (unpaired) electrons. The van der Waals surface area contributed by atoms with Crippen LogP contribution in [0.1, 0.15) is 25.5 Å². The third-order valence-corrected chi connectivity index (χ3v) is 3.05. The SMILES string of the molecule is CC1CC(N)CCN1Cc1cccnn1. The lowest BCUT2D eigenvalue weighted by Crippen LogP contribution is -2.45. The van der Waals surface area contributed by atoms with Crippen molar-refractivity contribution in [3.63, 3.8) is 0 Å². The molecule has 1 aliphatic rings. The lowest BCUT2D eigenvalue weighted by molar-refractivity contribution is 0.138. The van der Waals surface area contributed by atoms with Gasteiger partial charge in [0.25, 0.3) is 0 Å². The molecule has 4 nitrogen and oxygen atoms in total. The van der Waals surface area contributed by atoms with Crippen molar-refractivity contribution in [2.24, 2.45) is 5.73 Å². The van der Waals surface area contributed by atoms with Crippen LogP contribution >= 0.6 is 0 Å². The summed E-state index contributed by atoms with van der Waals surface area (Å²) in [4.78, 5) is 2.42. The molecule has 0 spiro atoms. The van der Waals surface area contributed by atoms with E-state index in [-0.39, 0.29) is 0 Å². The summed E-state index contributed by atoms with van der Waals surface area (Å²) in [5.41, 5.74) is 6.97. The normalized spacial score (nSPS) is 27.9. The van der Waals surface area contributed by atoms with Crippen LogP contribution in [0.4, 0.5) is 0 Å². The van der Waals surface area contributed by atoms with Crippen LogP contribution in [0.15, 0.2) is 18.3 Å². The van der Waals surface area contributed by atoms with Gasteiger partial charge in [-0.1, -0.05) is 0 Å². The maximum Gasteiger partial charge on any atom is 0.0771 e. The number of likely N-dealkylation sites (tertiary alicyclic amines) is 1. The Morgan fingerprint density at radius 1 is 1.60 bits per heavy atom. The third kappa shape index (κ3) is 2.73. The minimum Gasteiger partial charge on any atom is -0.328 e. The quantitative estimate of drug-likeness (QED) is 0.777. The molecule has 1 fully saturated rings. The molecule has 0 bridgehead atoms. The zero-order valence-corrected chi connectivity index (χ0v) is 9.13. The fraction of sp³-hybridized carbons (Fsp3) is 0.636. The van der Waals surface area contributed by atoms with Gasteiger partial charge in [0.05, 0.1) is 5.69 Å². The van der Waals surface area contributed by atoms with Crippen LogP contribution in [0.2, 0.25) is 0 Å². The molecule has 0 aromatic carbocycles. The summed E-state index contributed by atoms with van der Waals surface area (Å²) in [5.74, 6) is 0. The average Bonchev–Trinajstić information content (AvgIpc) is 2.24. The summed E-state index contributed by atoms with van der Waals surface area (Å²) in [6.45, 7) is 4.19. The Morgan fingerprint density at radius 3 is 3.13 bits per heavy atom. The molecule has 1 saturated heterocycles. The lowest BCUT2D eigenvalue weighted by atomic mass is 9.99. The topological polar surface area (TPSA) is 55.0 Å². The summed E-state index contributed by atoms with van der Waals surface area (Å²) in [5, 5.41) is 7.99. The summed E-state index contributed by atoms with van der Waals surface area (Å²) in [6.07, 6.45) is 3.88. The summed E-state index contributed by atoms with van der Waals surface area (Å²) < 4.78 is 0. The third-order valence-electron chi connectivity index (χ3n) is 3.05. The molecule has 1 aliphatic heterocycles. The molecule has 0 saturated carbocycles. The monoisotopic (exact) mass is 206 g/mol. The van der Waals surface area contributed by atoms with E-state index in [1.54, 1.807) is 6.20 Å². The maximum atomic E-state index is 5.93. The van der Waals surface area contributed by atoms with E-state index >= 15 is 0 Å². The maximum absolute atomic E-state index is 5.93. The Labute approximate surface area is 90.5 Å². The van der Waals surface area contributed by atoms with Crippen molar-refractivity contribution in [2.75, 3.05) is 6.54 Å². The highest BCUT2D eigenvalue weighted by molar-refractivity contribution is 4.99. The van der Waals surface area contributed by atoms with Gasteiger partial charge in [-0.05, 0) is 31.9 Å². The summed E-state index contributed by atoms with van der Waals surface area (Å²) in [6, 6.07) is 4.88. The van der Waals surface area contributed by atoms with E-state index in [0.29, 0.717) is 12.1 Å². The van der Waals surface area contributed by atoms with Gasteiger partial charge in [0.15, 0.2) is 0 Å².